The molecule has 0 aliphatic heterocycles. The van der Waals surface area contributed by atoms with E-state index in [0.717, 1.165) is 40.1 Å². The van der Waals surface area contributed by atoms with E-state index in [1.165, 1.54) is 0 Å². The molecular weight excluding hydrogens is 262 g/mol. The molecule has 108 valence electrons. The van der Waals surface area contributed by atoms with Gasteiger partial charge in [0.15, 0.2) is 0 Å². The third-order valence-corrected chi connectivity index (χ3v) is 3.58. The minimum absolute atomic E-state index is 0.503. The van der Waals surface area contributed by atoms with Gasteiger partial charge in [0.25, 0.3) is 0 Å². The molecule has 3 rings (SSSR count). The van der Waals surface area contributed by atoms with Gasteiger partial charge in [-0.25, -0.2) is 0 Å². The molecule has 21 heavy (non-hydrogen) atoms. The van der Waals surface area contributed by atoms with Crippen LogP contribution >= 0.6 is 0 Å². The first-order valence-corrected chi connectivity index (χ1v) is 7.12. The predicted molar refractivity (Wildman–Crippen MR) is 85.3 cm³/mol. The molecule has 0 radical (unpaired) electrons. The second-order valence-electron chi connectivity index (χ2n) is 5.08. The smallest absolute Gasteiger partial charge is 0.130 e. The highest BCUT2D eigenvalue weighted by Crippen LogP contribution is 2.30. The summed E-state index contributed by atoms with van der Waals surface area (Å²) in [6.07, 6.45) is 0. The summed E-state index contributed by atoms with van der Waals surface area (Å²) >= 11 is 0. The molecule has 0 saturated heterocycles. The van der Waals surface area contributed by atoms with Gasteiger partial charge in [-0.15, -0.1) is 0 Å². The van der Waals surface area contributed by atoms with Crippen molar-refractivity contribution in [3.63, 3.8) is 0 Å². The number of benzene rings is 2. The summed E-state index contributed by atoms with van der Waals surface area (Å²) in [6.45, 7) is 5.42. The van der Waals surface area contributed by atoms with Crippen molar-refractivity contribution >= 4 is 16.5 Å². The lowest BCUT2D eigenvalue weighted by Crippen LogP contribution is -2.06. The number of ether oxygens (including phenoxy) is 1. The minimum Gasteiger partial charge on any atom is -0.487 e. The molecule has 4 nitrogen and oxygen atoms in total. The lowest BCUT2D eigenvalue weighted by Gasteiger charge is -2.11. The fraction of sp³-hybridized carbons (Fsp3) is 0.235. The van der Waals surface area contributed by atoms with Crippen LogP contribution in [0.4, 0.5) is 5.69 Å². The van der Waals surface area contributed by atoms with Crippen LogP contribution in [0.3, 0.4) is 0 Å². The van der Waals surface area contributed by atoms with Gasteiger partial charge in [0, 0.05) is 23.0 Å². The van der Waals surface area contributed by atoms with Gasteiger partial charge in [-0.2, -0.15) is 5.10 Å². The number of hydrogen-bond acceptors (Lipinski definition) is 3. The van der Waals surface area contributed by atoms with Gasteiger partial charge < -0.3 is 10.5 Å². The molecule has 0 spiro atoms. The highest BCUT2D eigenvalue weighted by molar-refractivity contribution is 5.96. The zero-order chi connectivity index (χ0) is 14.8. The van der Waals surface area contributed by atoms with Crippen LogP contribution in [0.25, 0.3) is 10.8 Å². The molecule has 2 aromatic carbocycles. The maximum atomic E-state index is 6.01. The number of fused-ring (bicyclic) bond motifs is 1. The first-order valence-electron chi connectivity index (χ1n) is 7.12. The minimum atomic E-state index is 0.503. The number of aromatic nitrogens is 2. The molecule has 4 heteroatoms. The van der Waals surface area contributed by atoms with Crippen molar-refractivity contribution in [3.8, 4) is 5.75 Å². The number of nitrogens with two attached hydrogens (primary N) is 1. The number of nitrogen functional groups attached to an aromatic ring is 1. The average molecular weight is 281 g/mol. The summed E-state index contributed by atoms with van der Waals surface area (Å²) in [5, 5.41) is 6.50. The molecule has 0 bridgehead atoms. The molecule has 0 aliphatic rings. The Balaban J connectivity index is 1.90. The molecule has 0 saturated carbocycles. The second kappa shape index (κ2) is 5.48. The number of aryl methyl sites for hydroxylation is 2. The van der Waals surface area contributed by atoms with Crippen LogP contribution in [0.1, 0.15) is 18.3 Å². The van der Waals surface area contributed by atoms with Crippen LogP contribution in [-0.4, -0.2) is 9.78 Å². The van der Waals surface area contributed by atoms with E-state index in [1.807, 2.05) is 48.0 Å². The first kappa shape index (κ1) is 13.5. The van der Waals surface area contributed by atoms with E-state index in [1.54, 1.807) is 0 Å². The van der Waals surface area contributed by atoms with Gasteiger partial charge in [-0.05, 0) is 32.0 Å². The Morgan fingerprint density at radius 3 is 2.67 bits per heavy atom. The number of nitrogens with zero attached hydrogens (tertiary/aromatic N) is 2. The van der Waals surface area contributed by atoms with Crippen LogP contribution in [-0.2, 0) is 13.2 Å². The highest BCUT2D eigenvalue weighted by atomic mass is 16.5. The van der Waals surface area contributed by atoms with Gasteiger partial charge in [-0.3, -0.25) is 4.68 Å². The molecule has 1 aromatic heterocycles. The summed E-state index contributed by atoms with van der Waals surface area (Å²) in [4.78, 5) is 0. The summed E-state index contributed by atoms with van der Waals surface area (Å²) in [7, 11) is 0. The Hall–Kier alpha value is -2.49. The van der Waals surface area contributed by atoms with E-state index in [4.69, 9.17) is 10.5 Å². The van der Waals surface area contributed by atoms with Crippen LogP contribution in [0.15, 0.2) is 42.5 Å². The lowest BCUT2D eigenvalue weighted by atomic mass is 10.1. The Labute approximate surface area is 124 Å². The van der Waals surface area contributed by atoms with Crippen molar-refractivity contribution in [2.24, 2.45) is 0 Å². The largest absolute Gasteiger partial charge is 0.487 e. The third-order valence-electron chi connectivity index (χ3n) is 3.58. The monoisotopic (exact) mass is 281 g/mol. The zero-order valence-electron chi connectivity index (χ0n) is 12.3. The number of anilines is 1. The topological polar surface area (TPSA) is 53.1 Å². The van der Waals surface area contributed by atoms with Crippen molar-refractivity contribution < 1.29 is 4.74 Å². The van der Waals surface area contributed by atoms with Crippen LogP contribution in [0.5, 0.6) is 5.75 Å². The average Bonchev–Trinajstić information content (AvgIpc) is 2.87. The van der Waals surface area contributed by atoms with Gasteiger partial charge in [0.05, 0.1) is 11.4 Å². The standard InChI is InChI=1S/C17H19N3O/c1-3-20-13(10-12(2)19-20)11-21-17-9-8-16(18)14-6-4-5-7-15(14)17/h4-10H,3,11,18H2,1-2H3. The van der Waals surface area contributed by atoms with Gasteiger partial charge in [-0.1, -0.05) is 24.3 Å². The third kappa shape index (κ3) is 2.57. The van der Waals surface area contributed by atoms with Crippen LogP contribution < -0.4 is 10.5 Å². The van der Waals surface area contributed by atoms with Gasteiger partial charge in [0.2, 0.25) is 0 Å². The fourth-order valence-corrected chi connectivity index (χ4v) is 2.56. The SMILES string of the molecule is CCn1nc(C)cc1COc1ccc(N)c2ccccc12. The normalized spacial score (nSPS) is 11.0. The van der Waals surface area contributed by atoms with Gasteiger partial charge >= 0.3 is 0 Å². The van der Waals surface area contributed by atoms with E-state index in [0.29, 0.717) is 6.61 Å². The molecular formula is C17H19N3O. The van der Waals surface area contributed by atoms with Crippen LogP contribution in [0, 0.1) is 6.92 Å². The van der Waals surface area contributed by atoms with Crippen molar-refractivity contribution in [2.75, 3.05) is 5.73 Å². The maximum absolute atomic E-state index is 6.01. The molecule has 0 amide bonds. The lowest BCUT2D eigenvalue weighted by molar-refractivity contribution is 0.296. The van der Waals surface area contributed by atoms with Crippen molar-refractivity contribution in [1.29, 1.82) is 0 Å². The molecule has 3 aromatic rings. The fourth-order valence-electron chi connectivity index (χ4n) is 2.56. The van der Waals surface area contributed by atoms with Gasteiger partial charge in [0.1, 0.15) is 12.4 Å². The van der Waals surface area contributed by atoms with E-state index < -0.39 is 0 Å². The molecule has 1 heterocycles. The quantitative estimate of drug-likeness (QED) is 0.744. The van der Waals surface area contributed by atoms with E-state index in [-0.39, 0.29) is 0 Å². The van der Waals surface area contributed by atoms with Crippen molar-refractivity contribution in [1.82, 2.24) is 9.78 Å². The molecule has 2 N–H and O–H groups in total. The highest BCUT2D eigenvalue weighted by Gasteiger charge is 2.08. The first-order chi connectivity index (χ1) is 10.2. The Kier molecular flexibility index (Phi) is 3.52. The second-order valence-corrected chi connectivity index (χ2v) is 5.08. The molecule has 0 atom stereocenters. The van der Waals surface area contributed by atoms with Crippen molar-refractivity contribution in [2.45, 2.75) is 27.0 Å². The van der Waals surface area contributed by atoms with Crippen molar-refractivity contribution in [3.05, 3.63) is 53.9 Å². The van der Waals surface area contributed by atoms with E-state index in [2.05, 4.69) is 18.1 Å². The number of rotatable bonds is 4. The summed E-state index contributed by atoms with van der Waals surface area (Å²) < 4.78 is 7.97. The Morgan fingerprint density at radius 2 is 1.90 bits per heavy atom. The maximum Gasteiger partial charge on any atom is 0.130 e. The zero-order valence-corrected chi connectivity index (χ0v) is 12.3. The summed E-state index contributed by atoms with van der Waals surface area (Å²) in [6, 6.07) is 13.9. The van der Waals surface area contributed by atoms with Crippen LogP contribution in [0.2, 0.25) is 0 Å². The molecule has 0 unspecified atom stereocenters. The summed E-state index contributed by atoms with van der Waals surface area (Å²) in [5.74, 6) is 0.848. The van der Waals surface area contributed by atoms with E-state index in [9.17, 15) is 0 Å². The Bertz CT molecular complexity index is 777. The predicted octanol–water partition coefficient (Wildman–Crippen LogP) is 3.53. The Morgan fingerprint density at radius 1 is 1.14 bits per heavy atom. The number of hydrogen-bond donors (Lipinski definition) is 1. The molecule has 0 aliphatic carbocycles. The van der Waals surface area contributed by atoms with E-state index >= 15 is 0 Å². The molecule has 0 fully saturated rings. The summed E-state index contributed by atoms with van der Waals surface area (Å²) in [5.41, 5.74) is 8.87.